The topological polar surface area (TPSA) is 56.5 Å². The molecule has 0 radical (unpaired) electrons. The molecule has 2 aromatic carbocycles. The van der Waals surface area contributed by atoms with E-state index in [4.69, 9.17) is 9.15 Å². The van der Waals surface area contributed by atoms with Crippen molar-refractivity contribution in [3.8, 4) is 0 Å². The third kappa shape index (κ3) is 2.50. The van der Waals surface area contributed by atoms with Gasteiger partial charge in [0, 0.05) is 17.0 Å². The number of ether oxygens (including phenoxy) is 1. The van der Waals surface area contributed by atoms with Gasteiger partial charge in [0.05, 0.1) is 5.92 Å². The number of hydrogen-bond acceptors (Lipinski definition) is 4. The molecule has 2 atom stereocenters. The van der Waals surface area contributed by atoms with Crippen LogP contribution in [0, 0.1) is 11.8 Å². The molecule has 4 rings (SSSR count). The highest BCUT2D eigenvalue weighted by Gasteiger charge is 2.40. The van der Waals surface area contributed by atoms with Crippen LogP contribution in [0.1, 0.15) is 18.9 Å². The van der Waals surface area contributed by atoms with Crippen LogP contribution in [0.5, 0.6) is 0 Å². The summed E-state index contributed by atoms with van der Waals surface area (Å²) >= 11 is 0. The van der Waals surface area contributed by atoms with Crippen molar-refractivity contribution in [1.29, 1.82) is 0 Å². The van der Waals surface area contributed by atoms with Crippen LogP contribution < -0.4 is 5.63 Å². The van der Waals surface area contributed by atoms with Crippen molar-refractivity contribution in [2.45, 2.75) is 20.0 Å². The van der Waals surface area contributed by atoms with E-state index in [1.807, 2.05) is 37.3 Å². The van der Waals surface area contributed by atoms with Gasteiger partial charge in [0.1, 0.15) is 12.2 Å². The van der Waals surface area contributed by atoms with Crippen molar-refractivity contribution in [2.24, 2.45) is 11.8 Å². The van der Waals surface area contributed by atoms with E-state index in [-0.39, 0.29) is 18.5 Å². The molecule has 116 valence electrons. The predicted octanol–water partition coefficient (Wildman–Crippen LogP) is 3.65. The quantitative estimate of drug-likeness (QED) is 0.421. The summed E-state index contributed by atoms with van der Waals surface area (Å²) in [5, 5.41) is 2.87. The maximum Gasteiger partial charge on any atom is 0.336 e. The monoisotopic (exact) mass is 308 g/mol. The average molecular weight is 308 g/mol. The smallest absolute Gasteiger partial charge is 0.336 e. The van der Waals surface area contributed by atoms with Crippen LogP contribution in [-0.4, -0.2) is 5.97 Å². The molecule has 0 spiro atoms. The molecule has 0 bridgehead atoms. The number of carbonyl (C=O) groups is 1. The summed E-state index contributed by atoms with van der Waals surface area (Å²) in [5.41, 5.74) is 0.773. The molecule has 1 heterocycles. The third-order valence-electron chi connectivity index (χ3n) is 4.50. The molecule has 4 heteroatoms. The first-order valence-electron chi connectivity index (χ1n) is 7.74. The van der Waals surface area contributed by atoms with E-state index in [1.54, 1.807) is 6.07 Å². The Morgan fingerprint density at radius 3 is 2.83 bits per heavy atom. The summed E-state index contributed by atoms with van der Waals surface area (Å²) in [6.07, 6.45) is 0.888. The zero-order valence-corrected chi connectivity index (χ0v) is 12.7. The fourth-order valence-electron chi connectivity index (χ4n) is 3.04. The molecular formula is C19H16O4. The van der Waals surface area contributed by atoms with E-state index in [0.717, 1.165) is 22.6 Å². The van der Waals surface area contributed by atoms with Crippen molar-refractivity contribution < 1.29 is 13.9 Å². The number of benzene rings is 2. The second-order valence-corrected chi connectivity index (χ2v) is 6.18. The lowest BCUT2D eigenvalue weighted by molar-refractivity contribution is -0.146. The minimum absolute atomic E-state index is 0.0122. The van der Waals surface area contributed by atoms with Crippen LogP contribution >= 0.6 is 0 Å². The maximum atomic E-state index is 11.9. The largest absolute Gasteiger partial charge is 0.461 e. The van der Waals surface area contributed by atoms with Crippen LogP contribution in [0.15, 0.2) is 51.7 Å². The number of rotatable bonds is 3. The molecule has 0 N–H and O–H groups in total. The molecule has 0 unspecified atom stereocenters. The molecule has 1 saturated carbocycles. The fourth-order valence-corrected chi connectivity index (χ4v) is 3.04. The van der Waals surface area contributed by atoms with Crippen LogP contribution in [0.3, 0.4) is 0 Å². The molecule has 0 saturated heterocycles. The second kappa shape index (κ2) is 5.23. The minimum Gasteiger partial charge on any atom is -0.461 e. The highest BCUT2D eigenvalue weighted by Crippen LogP contribution is 2.39. The summed E-state index contributed by atoms with van der Waals surface area (Å²) in [6, 6.07) is 13.0. The number of fused-ring (bicyclic) bond motifs is 3. The SMILES string of the molecule is C[C@H]1C[C@@H]1C(=O)OCc1cc(=O)oc2ccc3ccccc3c12. The van der Waals surface area contributed by atoms with Crippen molar-refractivity contribution in [3.05, 3.63) is 58.4 Å². The van der Waals surface area contributed by atoms with Crippen molar-refractivity contribution in [2.75, 3.05) is 0 Å². The lowest BCUT2D eigenvalue weighted by atomic mass is 10.0. The number of esters is 1. The van der Waals surface area contributed by atoms with E-state index < -0.39 is 5.63 Å². The Kier molecular flexibility index (Phi) is 3.18. The van der Waals surface area contributed by atoms with Crippen molar-refractivity contribution in [3.63, 3.8) is 0 Å². The van der Waals surface area contributed by atoms with Crippen LogP contribution in [0.2, 0.25) is 0 Å². The summed E-state index contributed by atoms with van der Waals surface area (Å²) in [5.74, 6) is 0.234. The first kappa shape index (κ1) is 14.0. The molecule has 23 heavy (non-hydrogen) atoms. The number of carbonyl (C=O) groups excluding carboxylic acids is 1. The predicted molar refractivity (Wildman–Crippen MR) is 87.1 cm³/mol. The zero-order valence-electron chi connectivity index (χ0n) is 12.7. The lowest BCUT2D eigenvalue weighted by Gasteiger charge is -2.09. The Morgan fingerprint density at radius 2 is 2.04 bits per heavy atom. The van der Waals surface area contributed by atoms with Gasteiger partial charge in [-0.1, -0.05) is 37.3 Å². The van der Waals surface area contributed by atoms with E-state index in [0.29, 0.717) is 17.1 Å². The molecule has 1 aliphatic carbocycles. The molecular weight excluding hydrogens is 292 g/mol. The zero-order chi connectivity index (χ0) is 16.0. The Morgan fingerprint density at radius 1 is 1.26 bits per heavy atom. The molecule has 1 aliphatic rings. The van der Waals surface area contributed by atoms with E-state index in [1.165, 1.54) is 6.07 Å². The van der Waals surface area contributed by atoms with E-state index in [9.17, 15) is 9.59 Å². The Labute approximate surface area is 132 Å². The van der Waals surface area contributed by atoms with Gasteiger partial charge in [-0.15, -0.1) is 0 Å². The standard InChI is InChI=1S/C19H16O4/c1-11-8-15(11)19(21)22-10-13-9-17(20)23-16-7-6-12-4-2-3-5-14(12)18(13)16/h2-7,9,11,15H,8,10H2,1H3/t11-,15-/m0/s1. The van der Waals surface area contributed by atoms with Gasteiger partial charge in [-0.05, 0) is 29.2 Å². The fraction of sp³-hybridized carbons (Fsp3) is 0.263. The third-order valence-corrected chi connectivity index (χ3v) is 4.50. The maximum absolute atomic E-state index is 11.9. The summed E-state index contributed by atoms with van der Waals surface area (Å²) in [6.45, 7) is 2.13. The lowest BCUT2D eigenvalue weighted by Crippen LogP contribution is -2.09. The van der Waals surface area contributed by atoms with E-state index >= 15 is 0 Å². The van der Waals surface area contributed by atoms with Crippen molar-refractivity contribution >= 4 is 27.7 Å². The Bertz CT molecular complexity index is 970. The van der Waals surface area contributed by atoms with Gasteiger partial charge in [-0.25, -0.2) is 4.79 Å². The van der Waals surface area contributed by atoms with Crippen LogP contribution in [-0.2, 0) is 16.1 Å². The van der Waals surface area contributed by atoms with Gasteiger partial charge in [-0.3, -0.25) is 4.79 Å². The number of hydrogen-bond donors (Lipinski definition) is 0. The molecule has 4 nitrogen and oxygen atoms in total. The molecule has 1 fully saturated rings. The Hall–Kier alpha value is -2.62. The van der Waals surface area contributed by atoms with Crippen molar-refractivity contribution in [1.82, 2.24) is 0 Å². The first-order chi connectivity index (χ1) is 11.1. The Balaban J connectivity index is 1.79. The van der Waals surface area contributed by atoms with Gasteiger partial charge in [0.25, 0.3) is 0 Å². The van der Waals surface area contributed by atoms with Crippen LogP contribution in [0.25, 0.3) is 21.7 Å². The van der Waals surface area contributed by atoms with Crippen LogP contribution in [0.4, 0.5) is 0 Å². The first-order valence-corrected chi connectivity index (χ1v) is 7.74. The molecule has 0 amide bonds. The molecule has 3 aromatic rings. The normalized spacial score (nSPS) is 19.9. The summed E-state index contributed by atoms with van der Waals surface area (Å²) < 4.78 is 10.7. The minimum atomic E-state index is -0.432. The van der Waals surface area contributed by atoms with Gasteiger partial charge >= 0.3 is 11.6 Å². The van der Waals surface area contributed by atoms with Gasteiger partial charge in [0.2, 0.25) is 0 Å². The highest BCUT2D eigenvalue weighted by atomic mass is 16.5. The average Bonchev–Trinajstić information content (AvgIpc) is 3.28. The summed E-state index contributed by atoms with van der Waals surface area (Å²) in [4.78, 5) is 23.7. The van der Waals surface area contributed by atoms with Gasteiger partial charge in [0.15, 0.2) is 0 Å². The second-order valence-electron chi connectivity index (χ2n) is 6.18. The molecule has 0 aliphatic heterocycles. The van der Waals surface area contributed by atoms with E-state index in [2.05, 4.69) is 0 Å². The highest BCUT2D eigenvalue weighted by molar-refractivity contribution is 6.07. The molecule has 1 aromatic heterocycles. The summed E-state index contributed by atoms with van der Waals surface area (Å²) in [7, 11) is 0. The van der Waals surface area contributed by atoms with Gasteiger partial charge in [-0.2, -0.15) is 0 Å². The van der Waals surface area contributed by atoms with Gasteiger partial charge < -0.3 is 9.15 Å².